The Hall–Kier alpha value is -3.57. The molecule has 6 atom stereocenters. The van der Waals surface area contributed by atoms with Gasteiger partial charge in [-0.05, 0) is 58.6 Å². The SMILES string of the molecule is CC(C)(C)[C@H](NC(=O)N[C@H](CN1CCCS1(=O)=O)C(C)(C)C)C(=O)N1C[C@H]2[C@@H](C1C(=O)NC(CC(F)F)C(=O)NCCc1ccc(C(N)=O)cc1Cl)C2(C)C. The monoisotopic (exact) mass is 815 g/mol. The van der Waals surface area contributed by atoms with E-state index >= 15 is 0 Å². The zero-order valence-corrected chi connectivity index (χ0v) is 34.4. The van der Waals surface area contributed by atoms with Gasteiger partial charge >= 0.3 is 6.03 Å². The Morgan fingerprint density at radius 2 is 1.67 bits per heavy atom. The zero-order valence-electron chi connectivity index (χ0n) is 32.8. The van der Waals surface area contributed by atoms with Crippen LogP contribution in [0.1, 0.15) is 84.2 Å². The summed E-state index contributed by atoms with van der Waals surface area (Å²) in [7, 11) is -3.44. The van der Waals surface area contributed by atoms with Crippen molar-refractivity contribution in [2.24, 2.45) is 33.8 Å². The van der Waals surface area contributed by atoms with Gasteiger partial charge in [0.05, 0.1) is 5.75 Å². The fourth-order valence-electron chi connectivity index (χ4n) is 7.61. The van der Waals surface area contributed by atoms with Gasteiger partial charge < -0.3 is 31.9 Å². The minimum Gasteiger partial charge on any atom is -0.366 e. The van der Waals surface area contributed by atoms with E-state index in [0.29, 0.717) is 18.5 Å². The first-order valence-electron chi connectivity index (χ1n) is 18.6. The lowest BCUT2D eigenvalue weighted by Crippen LogP contribution is -2.62. The first-order chi connectivity index (χ1) is 25.2. The molecule has 3 fully saturated rings. The highest BCUT2D eigenvalue weighted by molar-refractivity contribution is 7.89. The summed E-state index contributed by atoms with van der Waals surface area (Å²) in [5.41, 5.74) is 4.31. The molecule has 1 aromatic rings. The van der Waals surface area contributed by atoms with Crippen LogP contribution in [0.5, 0.6) is 0 Å². The van der Waals surface area contributed by atoms with Crippen LogP contribution >= 0.6 is 11.6 Å². The van der Waals surface area contributed by atoms with Crippen molar-refractivity contribution >= 4 is 51.3 Å². The number of carbonyl (C=O) groups excluding carboxylic acids is 5. The molecule has 0 aromatic heterocycles. The molecule has 2 unspecified atom stereocenters. The van der Waals surface area contributed by atoms with E-state index in [2.05, 4.69) is 21.3 Å². The van der Waals surface area contributed by atoms with Crippen LogP contribution in [0.25, 0.3) is 0 Å². The second kappa shape index (κ2) is 16.5. The lowest BCUT2D eigenvalue weighted by Gasteiger charge is -2.39. The summed E-state index contributed by atoms with van der Waals surface area (Å²) >= 11 is 6.24. The van der Waals surface area contributed by atoms with Crippen molar-refractivity contribution in [2.75, 3.05) is 31.9 Å². The quantitative estimate of drug-likeness (QED) is 0.190. The third-order valence-corrected chi connectivity index (χ3v) is 13.4. The number of carbonyl (C=O) groups is 5. The number of primary amides is 1. The number of piperidine rings is 1. The molecule has 2 heterocycles. The van der Waals surface area contributed by atoms with E-state index in [9.17, 15) is 41.2 Å². The van der Waals surface area contributed by atoms with Crippen molar-refractivity contribution < 1.29 is 41.2 Å². The predicted octanol–water partition coefficient (Wildman–Crippen LogP) is 2.88. The van der Waals surface area contributed by atoms with E-state index in [1.807, 2.05) is 34.6 Å². The number of hydrogen-bond acceptors (Lipinski definition) is 7. The highest BCUT2D eigenvalue weighted by Crippen LogP contribution is 2.65. The number of alkyl halides is 2. The molecule has 2 saturated heterocycles. The number of likely N-dealkylation sites (tertiary alicyclic amines) is 1. The summed E-state index contributed by atoms with van der Waals surface area (Å²) in [5, 5.41) is 11.0. The second-order valence-electron chi connectivity index (χ2n) is 17.7. The number of hydrogen-bond donors (Lipinski definition) is 5. The molecular weight excluding hydrogens is 760 g/mol. The molecule has 55 heavy (non-hydrogen) atoms. The van der Waals surface area contributed by atoms with Crippen molar-refractivity contribution in [1.82, 2.24) is 30.5 Å². The van der Waals surface area contributed by atoms with Gasteiger partial charge in [0.25, 0.3) is 0 Å². The number of urea groups is 1. The van der Waals surface area contributed by atoms with Gasteiger partial charge in [0.2, 0.25) is 40.1 Å². The Balaban J connectivity index is 1.48. The van der Waals surface area contributed by atoms with Gasteiger partial charge in [-0.2, -0.15) is 4.31 Å². The molecule has 0 bridgehead atoms. The average Bonchev–Trinajstić information content (AvgIpc) is 3.34. The first kappa shape index (κ1) is 44.1. The maximum atomic E-state index is 14.4. The topological polar surface area (TPSA) is 200 Å². The average molecular weight is 816 g/mol. The number of amides is 6. The van der Waals surface area contributed by atoms with E-state index in [1.165, 1.54) is 21.3 Å². The molecule has 14 nitrogen and oxygen atoms in total. The number of nitrogens with two attached hydrogens (primary N) is 1. The third kappa shape index (κ3) is 10.4. The highest BCUT2D eigenvalue weighted by Gasteiger charge is 2.70. The molecular formula is C37H56ClF2N7O7S. The molecule has 1 aromatic carbocycles. The molecule has 2 aliphatic heterocycles. The summed E-state index contributed by atoms with van der Waals surface area (Å²) in [6.45, 7) is 15.4. The van der Waals surface area contributed by atoms with Crippen molar-refractivity contribution in [3.05, 3.63) is 34.3 Å². The summed E-state index contributed by atoms with van der Waals surface area (Å²) < 4.78 is 54.0. The molecule has 0 spiro atoms. The summed E-state index contributed by atoms with van der Waals surface area (Å²) in [6, 6.07) is -0.703. The maximum absolute atomic E-state index is 14.4. The minimum absolute atomic E-state index is 0.0131. The molecule has 6 amide bonds. The molecule has 308 valence electrons. The van der Waals surface area contributed by atoms with Crippen LogP contribution in [0.15, 0.2) is 18.2 Å². The third-order valence-electron chi connectivity index (χ3n) is 11.2. The summed E-state index contributed by atoms with van der Waals surface area (Å²) in [5.74, 6) is -3.17. The number of fused-ring (bicyclic) bond motifs is 1. The maximum Gasteiger partial charge on any atom is 0.315 e. The Morgan fingerprint density at radius 1 is 1.02 bits per heavy atom. The van der Waals surface area contributed by atoms with Gasteiger partial charge in [-0.1, -0.05) is 73.1 Å². The van der Waals surface area contributed by atoms with Crippen LogP contribution in [0.4, 0.5) is 13.6 Å². The molecule has 1 aliphatic carbocycles. The van der Waals surface area contributed by atoms with Gasteiger partial charge in [-0.15, -0.1) is 0 Å². The number of nitrogens with one attached hydrogen (secondary N) is 4. The fourth-order valence-corrected chi connectivity index (χ4v) is 9.42. The highest BCUT2D eigenvalue weighted by atomic mass is 35.5. The van der Waals surface area contributed by atoms with Gasteiger partial charge in [0.15, 0.2) is 0 Å². The van der Waals surface area contributed by atoms with Crippen LogP contribution < -0.4 is 27.0 Å². The molecule has 4 rings (SSSR count). The van der Waals surface area contributed by atoms with Gasteiger partial charge in [0, 0.05) is 49.2 Å². The van der Waals surface area contributed by atoms with Crippen molar-refractivity contribution in [3.8, 4) is 0 Å². The van der Waals surface area contributed by atoms with Crippen molar-refractivity contribution in [3.63, 3.8) is 0 Å². The predicted molar refractivity (Wildman–Crippen MR) is 204 cm³/mol. The number of halogens is 3. The van der Waals surface area contributed by atoms with E-state index in [1.54, 1.807) is 26.8 Å². The molecule has 0 radical (unpaired) electrons. The summed E-state index contributed by atoms with van der Waals surface area (Å²) in [6.07, 6.45) is -3.21. The Kier molecular flexibility index (Phi) is 13.2. The number of benzene rings is 1. The fraction of sp³-hybridized carbons (Fsp3) is 0.703. The van der Waals surface area contributed by atoms with Crippen LogP contribution in [-0.2, 0) is 30.8 Å². The van der Waals surface area contributed by atoms with E-state index in [0.717, 1.165) is 0 Å². The Morgan fingerprint density at radius 3 is 2.20 bits per heavy atom. The van der Waals surface area contributed by atoms with Crippen molar-refractivity contribution in [2.45, 2.75) is 105 Å². The zero-order chi connectivity index (χ0) is 41.4. The number of rotatable bonds is 14. The van der Waals surface area contributed by atoms with E-state index < -0.39 is 87.5 Å². The van der Waals surface area contributed by atoms with E-state index in [-0.39, 0.29) is 59.6 Å². The van der Waals surface area contributed by atoms with E-state index in [4.69, 9.17) is 17.3 Å². The Bertz CT molecular complexity index is 1770. The minimum atomic E-state index is -3.44. The molecule has 3 aliphatic rings. The second-order valence-corrected chi connectivity index (χ2v) is 20.1. The summed E-state index contributed by atoms with van der Waals surface area (Å²) in [4.78, 5) is 68.1. The largest absolute Gasteiger partial charge is 0.366 e. The standard InChI is InChI=1S/C37H56ClF2N7O7S/c1-35(2,3)25(19-46-14-9-15-55(46,53)54)44-34(52)45-29(36(4,5)6)33(51)47-18-22-27(37(22,7)8)28(47)32(50)43-24(17-26(39)40)31(49)42-13-12-20-10-11-21(30(41)48)16-23(20)38/h10-11,16,22,24-29H,9,12-15,17-19H2,1-8H3,(H2,41,48)(H,42,49)(H,43,50)(H2,44,45,52)/t22-,24?,25+,27-,28?,29+/m0/s1. The lowest BCUT2D eigenvalue weighted by atomic mass is 9.85. The van der Waals surface area contributed by atoms with Crippen LogP contribution in [0.2, 0.25) is 5.02 Å². The number of nitrogens with zero attached hydrogens (tertiary/aromatic N) is 2. The Labute approximate surface area is 327 Å². The van der Waals surface area contributed by atoms with Gasteiger partial charge in [0.1, 0.15) is 18.1 Å². The first-order valence-corrected chi connectivity index (χ1v) is 20.5. The molecule has 1 saturated carbocycles. The smallest absolute Gasteiger partial charge is 0.315 e. The van der Waals surface area contributed by atoms with Crippen LogP contribution in [0.3, 0.4) is 0 Å². The van der Waals surface area contributed by atoms with Gasteiger partial charge in [-0.25, -0.2) is 22.0 Å². The van der Waals surface area contributed by atoms with Crippen LogP contribution in [0, 0.1) is 28.1 Å². The van der Waals surface area contributed by atoms with Crippen molar-refractivity contribution in [1.29, 1.82) is 0 Å². The number of sulfonamides is 1. The lowest BCUT2D eigenvalue weighted by molar-refractivity contribution is -0.144. The molecule has 6 N–H and O–H groups in total. The van der Waals surface area contributed by atoms with Crippen LogP contribution in [-0.4, -0.2) is 110 Å². The normalized spacial score (nSPS) is 23.3. The molecule has 18 heteroatoms. The van der Waals surface area contributed by atoms with Gasteiger partial charge in [-0.3, -0.25) is 19.2 Å².